The second-order valence-electron chi connectivity index (χ2n) is 7.82. The predicted octanol–water partition coefficient (Wildman–Crippen LogP) is 5.21. The minimum Gasteiger partial charge on any atom is -0.307 e. The number of hydrogen-bond donors (Lipinski definition) is 0. The van der Waals surface area contributed by atoms with Crippen LogP contribution in [-0.2, 0) is 0 Å². The van der Waals surface area contributed by atoms with E-state index in [9.17, 15) is 0 Å². The molecule has 110 valence electrons. The Hall–Kier alpha value is -0.0400. The van der Waals surface area contributed by atoms with Gasteiger partial charge in [-0.05, 0) is 50.1 Å². The number of rotatable bonds is 7. The minimum atomic E-state index is 0.352. The van der Waals surface area contributed by atoms with Crippen molar-refractivity contribution in [1.29, 1.82) is 0 Å². The molecule has 0 bridgehead atoms. The molecule has 0 N–H and O–H groups in total. The maximum absolute atomic E-state index is 2.50. The maximum Gasteiger partial charge on any atom is 0.00661 e. The fraction of sp³-hybridized carbons (Fsp3) is 1.00. The molecule has 2 unspecified atom stereocenters. The molecule has 0 aliphatic rings. The lowest BCUT2D eigenvalue weighted by molar-refractivity contribution is -0.0569. The van der Waals surface area contributed by atoms with Gasteiger partial charge in [0, 0.05) is 6.04 Å². The van der Waals surface area contributed by atoms with Gasteiger partial charge in [0.15, 0.2) is 0 Å². The highest BCUT2D eigenvalue weighted by Gasteiger charge is 2.49. The van der Waals surface area contributed by atoms with Crippen LogP contribution in [0.25, 0.3) is 0 Å². The summed E-state index contributed by atoms with van der Waals surface area (Å²) in [5.74, 6) is 0. The summed E-state index contributed by atoms with van der Waals surface area (Å²) >= 11 is 0. The third-order valence-corrected chi connectivity index (χ3v) is 6.27. The maximum atomic E-state index is 2.50. The van der Waals surface area contributed by atoms with E-state index in [4.69, 9.17) is 0 Å². The van der Waals surface area contributed by atoms with E-state index in [-0.39, 0.29) is 0 Å². The Morgan fingerprint density at radius 2 is 1.28 bits per heavy atom. The molecule has 0 aromatic rings. The second-order valence-corrected chi connectivity index (χ2v) is 7.82. The SMILES string of the molecule is CCC(C)(C)C(C)(CC)C(C)(C)CC(C)N(C)C. The Labute approximate surface area is 116 Å². The largest absolute Gasteiger partial charge is 0.307 e. The highest BCUT2D eigenvalue weighted by atomic mass is 15.1. The van der Waals surface area contributed by atoms with Crippen molar-refractivity contribution in [2.45, 2.75) is 80.7 Å². The van der Waals surface area contributed by atoms with E-state index in [1.807, 2.05) is 0 Å². The Kier molecular flexibility index (Phi) is 5.93. The number of nitrogens with zero attached hydrogens (tertiary/aromatic N) is 1. The van der Waals surface area contributed by atoms with Gasteiger partial charge >= 0.3 is 0 Å². The molecule has 1 heteroatoms. The normalized spacial score (nSPS) is 18.8. The van der Waals surface area contributed by atoms with E-state index >= 15 is 0 Å². The first kappa shape index (κ1) is 18.0. The lowest BCUT2D eigenvalue weighted by atomic mass is 9.50. The molecule has 0 spiro atoms. The molecule has 2 atom stereocenters. The first-order valence-corrected chi connectivity index (χ1v) is 7.61. The highest BCUT2D eigenvalue weighted by Crippen LogP contribution is 2.57. The Bertz CT molecular complexity index is 252. The van der Waals surface area contributed by atoms with E-state index < -0.39 is 0 Å². The van der Waals surface area contributed by atoms with Crippen LogP contribution in [0, 0.1) is 16.2 Å². The summed E-state index contributed by atoms with van der Waals surface area (Å²) in [4.78, 5) is 2.34. The first-order valence-electron chi connectivity index (χ1n) is 7.61. The molecule has 0 rings (SSSR count). The molecular weight excluding hydrogens is 218 g/mol. The smallest absolute Gasteiger partial charge is 0.00661 e. The monoisotopic (exact) mass is 255 g/mol. The Balaban J connectivity index is 5.26. The van der Waals surface area contributed by atoms with Crippen LogP contribution in [0.3, 0.4) is 0 Å². The predicted molar refractivity (Wildman–Crippen MR) is 84.0 cm³/mol. The molecular formula is C17H37N. The lowest BCUT2D eigenvalue weighted by Gasteiger charge is -2.55. The van der Waals surface area contributed by atoms with Gasteiger partial charge in [0.05, 0.1) is 0 Å². The van der Waals surface area contributed by atoms with Gasteiger partial charge in [0.1, 0.15) is 0 Å². The topological polar surface area (TPSA) is 3.24 Å². The van der Waals surface area contributed by atoms with Crippen LogP contribution in [0.4, 0.5) is 0 Å². The van der Waals surface area contributed by atoms with Crippen molar-refractivity contribution < 1.29 is 0 Å². The Morgan fingerprint density at radius 1 is 0.833 bits per heavy atom. The third kappa shape index (κ3) is 3.29. The van der Waals surface area contributed by atoms with Crippen molar-refractivity contribution in [2.24, 2.45) is 16.2 Å². The van der Waals surface area contributed by atoms with Crippen molar-refractivity contribution in [3.05, 3.63) is 0 Å². The summed E-state index contributed by atoms with van der Waals surface area (Å²) in [5, 5.41) is 0. The fourth-order valence-corrected chi connectivity index (χ4v) is 3.41. The van der Waals surface area contributed by atoms with Crippen LogP contribution >= 0.6 is 0 Å². The zero-order valence-electron chi connectivity index (χ0n) is 14.6. The molecule has 0 aliphatic carbocycles. The van der Waals surface area contributed by atoms with Gasteiger partial charge in [-0.3, -0.25) is 0 Å². The zero-order chi connectivity index (χ0) is 14.8. The summed E-state index contributed by atoms with van der Waals surface area (Å²) < 4.78 is 0. The van der Waals surface area contributed by atoms with Crippen molar-refractivity contribution in [3.8, 4) is 0 Å². The van der Waals surface area contributed by atoms with Gasteiger partial charge in [-0.25, -0.2) is 0 Å². The van der Waals surface area contributed by atoms with E-state index in [1.54, 1.807) is 0 Å². The molecule has 18 heavy (non-hydrogen) atoms. The van der Waals surface area contributed by atoms with Crippen LogP contribution in [0.2, 0.25) is 0 Å². The third-order valence-electron chi connectivity index (χ3n) is 6.27. The van der Waals surface area contributed by atoms with Gasteiger partial charge in [-0.15, -0.1) is 0 Å². The van der Waals surface area contributed by atoms with Crippen molar-refractivity contribution in [3.63, 3.8) is 0 Å². The van der Waals surface area contributed by atoms with Crippen LogP contribution in [0.5, 0.6) is 0 Å². The fourth-order valence-electron chi connectivity index (χ4n) is 3.41. The van der Waals surface area contributed by atoms with Crippen molar-refractivity contribution >= 4 is 0 Å². The van der Waals surface area contributed by atoms with E-state index in [0.29, 0.717) is 22.3 Å². The van der Waals surface area contributed by atoms with Crippen LogP contribution < -0.4 is 0 Å². The molecule has 0 radical (unpaired) electrons. The van der Waals surface area contributed by atoms with Gasteiger partial charge in [0.2, 0.25) is 0 Å². The van der Waals surface area contributed by atoms with Crippen molar-refractivity contribution in [2.75, 3.05) is 14.1 Å². The quantitative estimate of drug-likeness (QED) is 0.604. The molecule has 0 aromatic heterocycles. The molecule has 0 aliphatic heterocycles. The average molecular weight is 255 g/mol. The number of hydrogen-bond acceptors (Lipinski definition) is 1. The molecule has 0 saturated heterocycles. The molecule has 0 fully saturated rings. The van der Waals surface area contributed by atoms with Crippen LogP contribution in [0.15, 0.2) is 0 Å². The summed E-state index contributed by atoms with van der Waals surface area (Å²) in [6.45, 7) is 19.4. The molecule has 0 heterocycles. The van der Waals surface area contributed by atoms with Gasteiger partial charge in [-0.1, -0.05) is 54.9 Å². The minimum absolute atomic E-state index is 0.352. The standard InChI is InChI=1S/C17H37N/c1-11-15(4,5)17(8,12-2)16(6,7)13-14(3)18(9)10/h14H,11-13H2,1-10H3. The first-order chi connectivity index (χ1) is 7.95. The van der Waals surface area contributed by atoms with Gasteiger partial charge < -0.3 is 4.90 Å². The highest BCUT2D eigenvalue weighted by molar-refractivity contribution is 4.99. The van der Waals surface area contributed by atoms with Gasteiger partial charge in [0.25, 0.3) is 0 Å². The summed E-state index contributed by atoms with van der Waals surface area (Å²) in [5.41, 5.74) is 1.11. The summed E-state index contributed by atoms with van der Waals surface area (Å²) in [6, 6.07) is 0.638. The molecule has 0 saturated carbocycles. The molecule has 0 aromatic carbocycles. The summed E-state index contributed by atoms with van der Waals surface area (Å²) in [7, 11) is 4.38. The zero-order valence-corrected chi connectivity index (χ0v) is 14.6. The Morgan fingerprint density at radius 3 is 1.56 bits per heavy atom. The summed E-state index contributed by atoms with van der Waals surface area (Å²) in [6.07, 6.45) is 3.76. The van der Waals surface area contributed by atoms with Gasteiger partial charge in [-0.2, -0.15) is 0 Å². The van der Waals surface area contributed by atoms with Crippen molar-refractivity contribution in [1.82, 2.24) is 4.90 Å². The molecule has 0 amide bonds. The average Bonchev–Trinajstić information content (AvgIpc) is 2.26. The van der Waals surface area contributed by atoms with Crippen LogP contribution in [-0.4, -0.2) is 25.0 Å². The van der Waals surface area contributed by atoms with Crippen LogP contribution in [0.1, 0.15) is 74.7 Å². The van der Waals surface area contributed by atoms with E-state index in [2.05, 4.69) is 74.4 Å². The van der Waals surface area contributed by atoms with E-state index in [1.165, 1.54) is 19.3 Å². The van der Waals surface area contributed by atoms with E-state index in [0.717, 1.165) is 0 Å². The molecule has 1 nitrogen and oxygen atoms in total. The second kappa shape index (κ2) is 5.94. The lowest BCUT2D eigenvalue weighted by Crippen LogP contribution is -2.48.